The van der Waals surface area contributed by atoms with Gasteiger partial charge in [-0.3, -0.25) is 4.79 Å². The van der Waals surface area contributed by atoms with Crippen LogP contribution >= 0.6 is 11.8 Å². The lowest BCUT2D eigenvalue weighted by Gasteiger charge is -2.18. The molecule has 0 spiro atoms. The summed E-state index contributed by atoms with van der Waals surface area (Å²) < 4.78 is 1.55. The fourth-order valence-corrected chi connectivity index (χ4v) is 3.71. The first-order valence-electron chi connectivity index (χ1n) is 9.33. The Morgan fingerprint density at radius 1 is 1.03 bits per heavy atom. The van der Waals surface area contributed by atoms with E-state index in [1.807, 2.05) is 54.6 Å². The van der Waals surface area contributed by atoms with Crippen LogP contribution in [0.4, 0.5) is 5.69 Å². The summed E-state index contributed by atoms with van der Waals surface area (Å²) in [4.78, 5) is 21.8. The van der Waals surface area contributed by atoms with Crippen LogP contribution in [0.3, 0.4) is 0 Å². The molecule has 9 heteroatoms. The van der Waals surface area contributed by atoms with E-state index in [1.54, 1.807) is 30.1 Å². The molecule has 150 valence electrons. The maximum atomic E-state index is 13.2. The summed E-state index contributed by atoms with van der Waals surface area (Å²) in [6.07, 6.45) is 3.87. The van der Waals surface area contributed by atoms with Gasteiger partial charge in [-0.05, 0) is 47.2 Å². The van der Waals surface area contributed by atoms with E-state index in [1.165, 1.54) is 11.8 Å². The zero-order valence-corrected chi connectivity index (χ0v) is 17.0. The van der Waals surface area contributed by atoms with Gasteiger partial charge >= 0.3 is 0 Å². The number of nitrogens with one attached hydrogen (secondary N) is 1. The summed E-state index contributed by atoms with van der Waals surface area (Å²) >= 11 is 1.43. The number of carbonyl (C=O) groups excluding carboxylic acids is 1. The lowest BCUT2D eigenvalue weighted by molar-refractivity contribution is -0.119. The van der Waals surface area contributed by atoms with Gasteiger partial charge in [0.25, 0.3) is 0 Å². The maximum absolute atomic E-state index is 13.2. The first-order chi connectivity index (χ1) is 14.7. The lowest BCUT2D eigenvalue weighted by atomic mass is 10.1. The van der Waals surface area contributed by atoms with Crippen LogP contribution in [0.5, 0.6) is 0 Å². The molecule has 1 amide bonds. The number of aromatic nitrogens is 6. The summed E-state index contributed by atoms with van der Waals surface area (Å²) in [5, 5.41) is 16.2. The normalized spacial score (nSPS) is 11.8. The second kappa shape index (κ2) is 9.27. The zero-order chi connectivity index (χ0) is 20.8. The van der Waals surface area contributed by atoms with E-state index >= 15 is 0 Å². The van der Waals surface area contributed by atoms with Crippen LogP contribution in [0.15, 0.2) is 83.1 Å². The SMILES string of the molecule is Cc1nnnn1C(Cc1ccccc1)C(=O)Nc1ccnc(Sc2ccccn2)c1. The number of tetrazole rings is 1. The molecule has 1 N–H and O–H groups in total. The minimum atomic E-state index is -0.581. The summed E-state index contributed by atoms with van der Waals surface area (Å²) in [5.74, 6) is 0.376. The standard InChI is InChI=1S/C21H19N7OS/c1-15-25-26-27-28(15)18(13-16-7-3-2-4-8-16)21(29)24-17-10-12-23-20(14-17)30-19-9-5-6-11-22-19/h2-12,14,18H,13H2,1H3,(H,23,24,29). The molecule has 0 radical (unpaired) electrons. The van der Waals surface area contributed by atoms with E-state index < -0.39 is 6.04 Å². The zero-order valence-electron chi connectivity index (χ0n) is 16.2. The molecular formula is C21H19N7OS. The first kappa shape index (κ1) is 19.7. The van der Waals surface area contributed by atoms with Gasteiger partial charge in [0, 0.05) is 24.5 Å². The Balaban J connectivity index is 1.54. The Hall–Kier alpha value is -3.59. The third-order valence-corrected chi connectivity index (χ3v) is 5.26. The molecule has 8 nitrogen and oxygen atoms in total. The van der Waals surface area contributed by atoms with Crippen LogP contribution in [-0.2, 0) is 11.2 Å². The van der Waals surface area contributed by atoms with Gasteiger partial charge in [-0.1, -0.05) is 48.2 Å². The molecule has 1 aromatic carbocycles. The van der Waals surface area contributed by atoms with Crippen molar-refractivity contribution in [2.45, 2.75) is 29.4 Å². The van der Waals surface area contributed by atoms with Crippen molar-refractivity contribution in [3.05, 3.63) is 84.4 Å². The number of carbonyl (C=O) groups is 1. The summed E-state index contributed by atoms with van der Waals surface area (Å²) in [6.45, 7) is 1.78. The Labute approximate surface area is 177 Å². The molecule has 3 aromatic heterocycles. The predicted molar refractivity (Wildman–Crippen MR) is 113 cm³/mol. The van der Waals surface area contributed by atoms with Crippen LogP contribution in [0.25, 0.3) is 0 Å². The van der Waals surface area contributed by atoms with Gasteiger partial charge in [0.15, 0.2) is 0 Å². The number of pyridine rings is 2. The van der Waals surface area contributed by atoms with Gasteiger partial charge in [-0.15, -0.1) is 5.10 Å². The molecule has 30 heavy (non-hydrogen) atoms. The second-order valence-corrected chi connectivity index (χ2v) is 7.56. The molecule has 4 rings (SSSR count). The van der Waals surface area contributed by atoms with Gasteiger partial charge < -0.3 is 5.32 Å². The number of amides is 1. The molecule has 1 unspecified atom stereocenters. The van der Waals surface area contributed by atoms with E-state index in [9.17, 15) is 4.79 Å². The van der Waals surface area contributed by atoms with Crippen LogP contribution < -0.4 is 5.32 Å². The highest BCUT2D eigenvalue weighted by Crippen LogP contribution is 2.26. The average molecular weight is 417 g/mol. The quantitative estimate of drug-likeness (QED) is 0.492. The molecule has 0 bridgehead atoms. The fourth-order valence-electron chi connectivity index (χ4n) is 2.94. The number of rotatable bonds is 7. The minimum Gasteiger partial charge on any atom is -0.324 e. The van der Waals surface area contributed by atoms with Crippen molar-refractivity contribution in [3.63, 3.8) is 0 Å². The van der Waals surface area contributed by atoms with E-state index in [2.05, 4.69) is 30.8 Å². The van der Waals surface area contributed by atoms with Crippen molar-refractivity contribution >= 4 is 23.4 Å². The van der Waals surface area contributed by atoms with Gasteiger partial charge in [0.05, 0.1) is 0 Å². The highest BCUT2D eigenvalue weighted by molar-refractivity contribution is 7.99. The van der Waals surface area contributed by atoms with Crippen molar-refractivity contribution < 1.29 is 4.79 Å². The maximum Gasteiger partial charge on any atom is 0.249 e. The molecule has 0 saturated carbocycles. The second-order valence-electron chi connectivity index (χ2n) is 6.52. The van der Waals surface area contributed by atoms with Crippen LogP contribution in [-0.4, -0.2) is 36.1 Å². The van der Waals surface area contributed by atoms with E-state index in [-0.39, 0.29) is 5.91 Å². The smallest absolute Gasteiger partial charge is 0.249 e. The predicted octanol–water partition coefficient (Wildman–Crippen LogP) is 3.35. The van der Waals surface area contributed by atoms with Crippen molar-refractivity contribution in [2.75, 3.05) is 5.32 Å². The van der Waals surface area contributed by atoms with Gasteiger partial charge in [-0.2, -0.15) is 0 Å². The van der Waals surface area contributed by atoms with Crippen LogP contribution in [0, 0.1) is 6.92 Å². The Morgan fingerprint density at radius 2 is 1.83 bits per heavy atom. The molecule has 0 aliphatic heterocycles. The van der Waals surface area contributed by atoms with Crippen LogP contribution in [0.2, 0.25) is 0 Å². The molecule has 0 aliphatic carbocycles. The number of aryl methyl sites for hydroxylation is 1. The molecule has 3 heterocycles. The molecule has 4 aromatic rings. The summed E-state index contributed by atoms with van der Waals surface area (Å²) in [6, 6.07) is 18.5. The average Bonchev–Trinajstić information content (AvgIpc) is 3.19. The highest BCUT2D eigenvalue weighted by atomic mass is 32.2. The number of benzene rings is 1. The van der Waals surface area contributed by atoms with Gasteiger partial charge in [-0.25, -0.2) is 14.6 Å². The van der Waals surface area contributed by atoms with Gasteiger partial charge in [0.2, 0.25) is 5.91 Å². The Morgan fingerprint density at radius 3 is 2.57 bits per heavy atom. The third-order valence-electron chi connectivity index (χ3n) is 4.38. The molecule has 0 aliphatic rings. The fraction of sp³-hybridized carbons (Fsp3) is 0.143. The molecule has 1 atom stereocenters. The number of anilines is 1. The topological polar surface area (TPSA) is 98.5 Å². The largest absolute Gasteiger partial charge is 0.324 e. The van der Waals surface area contributed by atoms with Crippen LogP contribution in [0.1, 0.15) is 17.4 Å². The first-order valence-corrected chi connectivity index (χ1v) is 10.1. The summed E-state index contributed by atoms with van der Waals surface area (Å²) in [7, 11) is 0. The van der Waals surface area contributed by atoms with E-state index in [4.69, 9.17) is 0 Å². The third kappa shape index (κ3) is 4.87. The van der Waals surface area contributed by atoms with Crippen molar-refractivity contribution in [3.8, 4) is 0 Å². The molecule has 0 saturated heterocycles. The van der Waals surface area contributed by atoms with Crippen molar-refractivity contribution in [2.24, 2.45) is 0 Å². The number of hydrogen-bond acceptors (Lipinski definition) is 7. The monoisotopic (exact) mass is 417 g/mol. The molecule has 0 fully saturated rings. The number of nitrogens with zero attached hydrogens (tertiary/aromatic N) is 6. The number of hydrogen-bond donors (Lipinski definition) is 1. The van der Waals surface area contributed by atoms with Gasteiger partial charge in [0.1, 0.15) is 21.9 Å². The molecular weight excluding hydrogens is 398 g/mol. The minimum absolute atomic E-state index is 0.200. The Bertz CT molecular complexity index is 1120. The summed E-state index contributed by atoms with van der Waals surface area (Å²) in [5.41, 5.74) is 1.67. The Kier molecular flexibility index (Phi) is 6.09. The highest BCUT2D eigenvalue weighted by Gasteiger charge is 2.24. The van der Waals surface area contributed by atoms with E-state index in [0.29, 0.717) is 17.9 Å². The van der Waals surface area contributed by atoms with E-state index in [0.717, 1.165) is 15.6 Å². The van der Waals surface area contributed by atoms with Crippen molar-refractivity contribution in [1.82, 2.24) is 30.2 Å². The van der Waals surface area contributed by atoms with Crippen molar-refractivity contribution in [1.29, 1.82) is 0 Å². The lowest BCUT2D eigenvalue weighted by Crippen LogP contribution is -2.29.